The van der Waals surface area contributed by atoms with Gasteiger partial charge >= 0.3 is 18.2 Å². The summed E-state index contributed by atoms with van der Waals surface area (Å²) in [5.74, 6) is -0.794. The molecular formula is C29H48N2O6. The van der Waals surface area contributed by atoms with Crippen molar-refractivity contribution in [3.05, 3.63) is 35.9 Å². The van der Waals surface area contributed by atoms with Crippen molar-refractivity contribution in [2.24, 2.45) is 0 Å². The Bertz CT molecular complexity index is 814. The maximum Gasteiger partial charge on any atom is 0.410 e. The first-order valence-electron chi connectivity index (χ1n) is 13.5. The Kier molecular flexibility index (Phi) is 14.1. The van der Waals surface area contributed by atoms with Crippen LogP contribution in [0.1, 0.15) is 98.5 Å². The van der Waals surface area contributed by atoms with Crippen LogP contribution in [0.5, 0.6) is 0 Å². The van der Waals surface area contributed by atoms with Crippen LogP contribution in [-0.2, 0) is 20.8 Å². The topological polar surface area (TPSA) is 96.4 Å². The average Bonchev–Trinajstić information content (AvgIpc) is 2.76. The van der Waals surface area contributed by atoms with Crippen LogP contribution < -0.4 is 0 Å². The number of carbonyl (C=O) groups is 3. The van der Waals surface area contributed by atoms with Gasteiger partial charge in [-0.1, -0.05) is 49.6 Å². The van der Waals surface area contributed by atoms with Crippen LogP contribution in [0.2, 0.25) is 0 Å². The number of nitrogens with zero attached hydrogens (tertiary/aromatic N) is 2. The molecule has 0 aliphatic rings. The first kappa shape index (κ1) is 32.3. The Balaban J connectivity index is 2.53. The van der Waals surface area contributed by atoms with E-state index in [4.69, 9.17) is 14.6 Å². The van der Waals surface area contributed by atoms with E-state index in [0.29, 0.717) is 32.6 Å². The predicted octanol–water partition coefficient (Wildman–Crippen LogP) is 6.87. The first-order chi connectivity index (χ1) is 17.3. The van der Waals surface area contributed by atoms with Gasteiger partial charge in [-0.2, -0.15) is 0 Å². The third kappa shape index (κ3) is 16.6. The second kappa shape index (κ2) is 16.2. The predicted molar refractivity (Wildman–Crippen MR) is 145 cm³/mol. The number of carboxylic acid groups (broad SMARTS) is 1. The van der Waals surface area contributed by atoms with Gasteiger partial charge in [0.2, 0.25) is 0 Å². The lowest BCUT2D eigenvalue weighted by Crippen LogP contribution is -2.38. The van der Waals surface area contributed by atoms with E-state index < -0.39 is 17.2 Å². The zero-order valence-corrected chi connectivity index (χ0v) is 23.8. The molecule has 0 spiro atoms. The minimum atomic E-state index is -0.794. The van der Waals surface area contributed by atoms with Crippen molar-refractivity contribution in [2.75, 3.05) is 19.6 Å². The number of carboxylic acids is 1. The Labute approximate surface area is 223 Å². The van der Waals surface area contributed by atoms with Crippen LogP contribution in [0.15, 0.2) is 30.3 Å². The molecule has 0 unspecified atom stereocenters. The van der Waals surface area contributed by atoms with E-state index >= 15 is 0 Å². The van der Waals surface area contributed by atoms with E-state index in [2.05, 4.69) is 0 Å². The van der Waals surface area contributed by atoms with Gasteiger partial charge in [-0.05, 0) is 72.8 Å². The summed E-state index contributed by atoms with van der Waals surface area (Å²) in [5.41, 5.74) is -0.0579. The summed E-state index contributed by atoms with van der Waals surface area (Å²) in [4.78, 5) is 39.6. The molecule has 0 heterocycles. The van der Waals surface area contributed by atoms with Crippen LogP contribution >= 0.6 is 0 Å². The van der Waals surface area contributed by atoms with Crippen molar-refractivity contribution < 1.29 is 29.0 Å². The van der Waals surface area contributed by atoms with Gasteiger partial charge in [0.05, 0.1) is 0 Å². The summed E-state index contributed by atoms with van der Waals surface area (Å²) < 4.78 is 11.2. The van der Waals surface area contributed by atoms with Gasteiger partial charge in [0.25, 0.3) is 0 Å². The second-order valence-corrected chi connectivity index (χ2v) is 11.5. The molecule has 1 aromatic rings. The molecule has 8 nitrogen and oxygen atoms in total. The minimum Gasteiger partial charge on any atom is -0.481 e. The van der Waals surface area contributed by atoms with Gasteiger partial charge in [0.1, 0.15) is 11.2 Å². The summed E-state index contributed by atoms with van der Waals surface area (Å²) in [5, 5.41) is 8.80. The SMILES string of the molecule is CC(C)(C)OC(=O)N(CCCCCCN(Cc1ccccc1)C(=O)OC(C)(C)C)CCCCCC(=O)O. The first-order valence-corrected chi connectivity index (χ1v) is 13.5. The lowest BCUT2D eigenvalue weighted by molar-refractivity contribution is -0.137. The molecule has 0 aliphatic carbocycles. The highest BCUT2D eigenvalue weighted by Gasteiger charge is 2.23. The molecule has 0 atom stereocenters. The van der Waals surface area contributed by atoms with E-state index in [1.807, 2.05) is 71.9 Å². The lowest BCUT2D eigenvalue weighted by Gasteiger charge is -2.28. The fourth-order valence-electron chi connectivity index (χ4n) is 3.70. The van der Waals surface area contributed by atoms with Crippen molar-refractivity contribution in [1.29, 1.82) is 0 Å². The number of ether oxygens (including phenoxy) is 2. The van der Waals surface area contributed by atoms with E-state index in [1.54, 1.807) is 9.80 Å². The molecule has 210 valence electrons. The van der Waals surface area contributed by atoms with E-state index in [0.717, 1.165) is 44.1 Å². The Morgan fingerprint density at radius 3 is 1.57 bits per heavy atom. The molecular weight excluding hydrogens is 472 g/mol. The molecule has 1 rings (SSSR count). The number of unbranched alkanes of at least 4 members (excludes halogenated alkanes) is 5. The van der Waals surface area contributed by atoms with Gasteiger partial charge in [-0.25, -0.2) is 9.59 Å². The number of hydrogen-bond acceptors (Lipinski definition) is 5. The third-order valence-electron chi connectivity index (χ3n) is 5.44. The van der Waals surface area contributed by atoms with Crippen molar-refractivity contribution in [2.45, 2.75) is 111 Å². The maximum absolute atomic E-state index is 12.8. The fraction of sp³-hybridized carbons (Fsp3) is 0.690. The summed E-state index contributed by atoms with van der Waals surface area (Å²) >= 11 is 0. The number of benzene rings is 1. The molecule has 37 heavy (non-hydrogen) atoms. The summed E-state index contributed by atoms with van der Waals surface area (Å²) in [7, 11) is 0. The molecule has 0 saturated carbocycles. The van der Waals surface area contributed by atoms with Crippen LogP contribution in [0.3, 0.4) is 0 Å². The molecule has 0 radical (unpaired) electrons. The van der Waals surface area contributed by atoms with Crippen molar-refractivity contribution in [3.63, 3.8) is 0 Å². The molecule has 0 fully saturated rings. The number of hydrogen-bond donors (Lipinski definition) is 1. The maximum atomic E-state index is 12.8. The highest BCUT2D eigenvalue weighted by atomic mass is 16.6. The van der Waals surface area contributed by atoms with Crippen molar-refractivity contribution in [1.82, 2.24) is 9.80 Å². The van der Waals surface area contributed by atoms with E-state index in [9.17, 15) is 14.4 Å². The smallest absolute Gasteiger partial charge is 0.410 e. The monoisotopic (exact) mass is 520 g/mol. The second-order valence-electron chi connectivity index (χ2n) is 11.5. The summed E-state index contributed by atoms with van der Waals surface area (Å²) in [6.07, 6.45) is 5.14. The van der Waals surface area contributed by atoms with Gasteiger partial charge < -0.3 is 24.4 Å². The number of carbonyl (C=O) groups excluding carboxylic acids is 2. The highest BCUT2D eigenvalue weighted by molar-refractivity contribution is 5.68. The normalized spacial score (nSPS) is 11.6. The quantitative estimate of drug-likeness (QED) is 0.254. The lowest BCUT2D eigenvalue weighted by atomic mass is 10.1. The van der Waals surface area contributed by atoms with Crippen molar-refractivity contribution >= 4 is 18.2 Å². The van der Waals surface area contributed by atoms with E-state index in [-0.39, 0.29) is 18.6 Å². The minimum absolute atomic E-state index is 0.150. The molecule has 0 aliphatic heterocycles. The summed E-state index contributed by atoms with van der Waals surface area (Å²) in [6.45, 7) is 13.4. The van der Waals surface area contributed by atoms with Gasteiger partial charge in [0, 0.05) is 32.6 Å². The fourth-order valence-corrected chi connectivity index (χ4v) is 3.70. The van der Waals surface area contributed by atoms with Crippen LogP contribution in [-0.4, -0.2) is 63.9 Å². The van der Waals surface area contributed by atoms with Crippen LogP contribution in [0, 0.1) is 0 Å². The van der Waals surface area contributed by atoms with Gasteiger partial charge in [-0.15, -0.1) is 0 Å². The van der Waals surface area contributed by atoms with Crippen LogP contribution in [0.25, 0.3) is 0 Å². The van der Waals surface area contributed by atoms with E-state index in [1.165, 1.54) is 0 Å². The molecule has 8 heteroatoms. The molecule has 0 saturated heterocycles. The van der Waals surface area contributed by atoms with Crippen LogP contribution in [0.4, 0.5) is 9.59 Å². The van der Waals surface area contributed by atoms with Crippen molar-refractivity contribution in [3.8, 4) is 0 Å². The zero-order valence-electron chi connectivity index (χ0n) is 23.8. The molecule has 1 aromatic carbocycles. The summed E-state index contributed by atoms with van der Waals surface area (Å²) in [6, 6.07) is 9.89. The molecule has 1 N–H and O–H groups in total. The molecule has 2 amide bonds. The standard InChI is InChI=1S/C29H48N2O6/c1-28(2,3)36-26(34)30(21-16-10-13-19-25(32)33)20-14-7-8-15-22-31(27(35)37-29(4,5)6)23-24-17-11-9-12-18-24/h9,11-12,17-18H,7-8,10,13-16,19-23H2,1-6H3,(H,32,33). The number of aliphatic carboxylic acids is 1. The Morgan fingerprint density at radius 1 is 0.676 bits per heavy atom. The third-order valence-corrected chi connectivity index (χ3v) is 5.44. The molecule has 0 aromatic heterocycles. The average molecular weight is 521 g/mol. The van der Waals surface area contributed by atoms with Gasteiger partial charge in [-0.3, -0.25) is 4.79 Å². The number of rotatable bonds is 15. The molecule has 0 bridgehead atoms. The Hall–Kier alpha value is -2.77. The highest BCUT2D eigenvalue weighted by Crippen LogP contribution is 2.16. The Morgan fingerprint density at radius 2 is 1.11 bits per heavy atom. The van der Waals surface area contributed by atoms with Gasteiger partial charge in [0.15, 0.2) is 0 Å². The number of amides is 2. The zero-order chi connectivity index (χ0) is 27.9. The largest absolute Gasteiger partial charge is 0.481 e.